The largest absolute Gasteiger partial charge is 0.497 e. The van der Waals surface area contributed by atoms with Crippen molar-refractivity contribution in [3.05, 3.63) is 56.0 Å². The van der Waals surface area contributed by atoms with Crippen molar-refractivity contribution in [1.29, 1.82) is 0 Å². The van der Waals surface area contributed by atoms with Crippen LogP contribution in [0.5, 0.6) is 5.75 Å². The summed E-state index contributed by atoms with van der Waals surface area (Å²) < 4.78 is 8.55. The molecule has 0 fully saturated rings. The van der Waals surface area contributed by atoms with Crippen molar-refractivity contribution < 1.29 is 9.53 Å². The molecule has 0 saturated carbocycles. The molecule has 0 saturated heterocycles. The summed E-state index contributed by atoms with van der Waals surface area (Å²) >= 11 is 6.11. The number of nitrogens with zero attached hydrogens (tertiary/aromatic N) is 4. The number of aromatic nitrogens is 4. The van der Waals surface area contributed by atoms with E-state index in [-0.39, 0.29) is 28.9 Å². The van der Waals surface area contributed by atoms with E-state index in [9.17, 15) is 14.4 Å². The molecular weight excluding hydrogens is 374 g/mol. The number of benzene rings is 1. The third-order valence-corrected chi connectivity index (χ3v) is 4.54. The number of halogens is 1. The van der Waals surface area contributed by atoms with E-state index in [2.05, 4.69) is 10.3 Å². The van der Waals surface area contributed by atoms with Crippen LogP contribution in [0.15, 0.2) is 33.9 Å². The van der Waals surface area contributed by atoms with Crippen molar-refractivity contribution in [3.63, 3.8) is 0 Å². The van der Waals surface area contributed by atoms with Crippen LogP contribution < -0.4 is 21.3 Å². The van der Waals surface area contributed by atoms with Gasteiger partial charge in [-0.15, -0.1) is 0 Å². The van der Waals surface area contributed by atoms with Gasteiger partial charge in [0.05, 0.1) is 7.11 Å². The molecule has 0 aliphatic rings. The molecule has 9 nitrogen and oxygen atoms in total. The van der Waals surface area contributed by atoms with E-state index in [1.165, 1.54) is 23.2 Å². The lowest BCUT2D eigenvalue weighted by Gasteiger charge is -2.09. The first-order valence-electron chi connectivity index (χ1n) is 8.05. The molecule has 10 heteroatoms. The summed E-state index contributed by atoms with van der Waals surface area (Å²) in [5.41, 5.74) is 0.0533. The molecule has 3 aromatic rings. The first-order chi connectivity index (χ1) is 12.8. The maximum Gasteiger partial charge on any atom is 0.332 e. The second-order valence-corrected chi connectivity index (χ2v) is 6.31. The van der Waals surface area contributed by atoms with Crippen LogP contribution in [0.1, 0.15) is 5.56 Å². The predicted molar refractivity (Wildman–Crippen MR) is 100 cm³/mol. The maximum atomic E-state index is 12.4. The summed E-state index contributed by atoms with van der Waals surface area (Å²) in [6.07, 6.45) is 0. The van der Waals surface area contributed by atoms with Crippen molar-refractivity contribution in [2.24, 2.45) is 14.1 Å². The van der Waals surface area contributed by atoms with E-state index < -0.39 is 11.2 Å². The normalized spacial score (nSPS) is 11.0. The highest BCUT2D eigenvalue weighted by Crippen LogP contribution is 2.15. The molecule has 0 aliphatic carbocycles. The minimum Gasteiger partial charge on any atom is -0.497 e. The van der Waals surface area contributed by atoms with Gasteiger partial charge in [0.1, 0.15) is 12.3 Å². The number of rotatable bonds is 5. The smallest absolute Gasteiger partial charge is 0.332 e. The Balaban J connectivity index is 1.83. The molecule has 27 heavy (non-hydrogen) atoms. The third kappa shape index (κ3) is 3.45. The highest BCUT2D eigenvalue weighted by Gasteiger charge is 2.19. The van der Waals surface area contributed by atoms with E-state index in [4.69, 9.17) is 16.3 Å². The molecule has 0 atom stereocenters. The Kier molecular flexibility index (Phi) is 5.04. The average molecular weight is 392 g/mol. The first kappa shape index (κ1) is 18.7. The van der Waals surface area contributed by atoms with Crippen LogP contribution in [-0.2, 0) is 32.0 Å². The zero-order chi connectivity index (χ0) is 19.7. The number of amides is 1. The van der Waals surface area contributed by atoms with Crippen LogP contribution in [0.2, 0.25) is 5.28 Å². The molecule has 0 spiro atoms. The minimum atomic E-state index is -0.560. The van der Waals surface area contributed by atoms with Crippen LogP contribution in [0.4, 0.5) is 0 Å². The Hall–Kier alpha value is -3.07. The summed E-state index contributed by atoms with van der Waals surface area (Å²) in [6.45, 7) is 0.114. The number of hydrogen-bond acceptors (Lipinski definition) is 5. The molecule has 1 aromatic carbocycles. The first-order valence-corrected chi connectivity index (χ1v) is 8.42. The number of carbonyl (C=O) groups is 1. The Morgan fingerprint density at radius 1 is 1.19 bits per heavy atom. The van der Waals surface area contributed by atoms with Crippen LogP contribution in [0.3, 0.4) is 0 Å². The standard InChI is InChI=1S/C17H18ClN5O4/c1-21-14-13(15(25)22(2)17(21)26)23(16(18)20-14)9-12(24)19-8-10-4-6-11(27-3)7-5-10/h4-7H,8-9H2,1-3H3,(H,19,24). The number of fused-ring (bicyclic) bond motifs is 1. The van der Waals surface area contributed by atoms with E-state index in [0.717, 1.165) is 15.9 Å². The molecule has 2 aromatic heterocycles. The molecule has 1 amide bonds. The van der Waals surface area contributed by atoms with E-state index in [1.54, 1.807) is 19.2 Å². The highest BCUT2D eigenvalue weighted by atomic mass is 35.5. The van der Waals surface area contributed by atoms with Gasteiger partial charge in [-0.1, -0.05) is 12.1 Å². The fourth-order valence-electron chi connectivity index (χ4n) is 2.71. The minimum absolute atomic E-state index is 0.0390. The fraction of sp³-hybridized carbons (Fsp3) is 0.294. The van der Waals surface area contributed by atoms with Crippen molar-refractivity contribution in [1.82, 2.24) is 24.0 Å². The zero-order valence-electron chi connectivity index (χ0n) is 15.0. The zero-order valence-corrected chi connectivity index (χ0v) is 15.8. The second kappa shape index (κ2) is 7.28. The average Bonchev–Trinajstić information content (AvgIpc) is 2.99. The monoisotopic (exact) mass is 391 g/mol. The SMILES string of the molecule is COc1ccc(CNC(=O)Cn2c(Cl)nc3c2c(=O)n(C)c(=O)n3C)cc1. The Morgan fingerprint density at radius 3 is 2.48 bits per heavy atom. The van der Waals surface area contributed by atoms with E-state index >= 15 is 0 Å². The van der Waals surface area contributed by atoms with Gasteiger partial charge in [-0.25, -0.2) is 4.79 Å². The fourth-order valence-corrected chi connectivity index (χ4v) is 2.93. The number of nitrogens with one attached hydrogen (secondary N) is 1. The topological polar surface area (TPSA) is 100 Å². The summed E-state index contributed by atoms with van der Waals surface area (Å²) in [5.74, 6) is 0.381. The molecule has 0 bridgehead atoms. The Morgan fingerprint density at radius 2 is 1.85 bits per heavy atom. The van der Waals surface area contributed by atoms with Gasteiger partial charge in [0.15, 0.2) is 11.2 Å². The quantitative estimate of drug-likeness (QED) is 0.635. The number of carbonyl (C=O) groups excluding carboxylic acids is 1. The van der Waals surface area contributed by atoms with Crippen molar-refractivity contribution in [2.75, 3.05) is 7.11 Å². The predicted octanol–water partition coefficient (Wildman–Crippen LogP) is 0.412. The molecule has 142 valence electrons. The van der Waals surface area contributed by atoms with Crippen LogP contribution >= 0.6 is 11.6 Å². The summed E-state index contributed by atoms with van der Waals surface area (Å²) in [4.78, 5) is 40.8. The third-order valence-electron chi connectivity index (χ3n) is 4.25. The second-order valence-electron chi connectivity index (χ2n) is 5.97. The number of imidazole rings is 1. The molecule has 1 N–H and O–H groups in total. The summed E-state index contributed by atoms with van der Waals surface area (Å²) in [5, 5.41) is 2.72. The van der Waals surface area contributed by atoms with E-state index in [0.29, 0.717) is 6.54 Å². The summed E-state index contributed by atoms with van der Waals surface area (Å²) in [6, 6.07) is 7.27. The highest BCUT2D eigenvalue weighted by molar-refractivity contribution is 6.29. The van der Waals surface area contributed by atoms with Gasteiger partial charge in [0, 0.05) is 20.6 Å². The molecule has 3 rings (SSSR count). The number of methoxy groups -OCH3 is 1. The molecule has 0 aliphatic heterocycles. The van der Waals surface area contributed by atoms with Crippen molar-refractivity contribution in [2.45, 2.75) is 13.1 Å². The Bertz CT molecular complexity index is 1130. The number of hydrogen-bond donors (Lipinski definition) is 1. The van der Waals surface area contributed by atoms with Crippen molar-refractivity contribution in [3.8, 4) is 5.75 Å². The molecular formula is C17H18ClN5O4. The molecule has 2 heterocycles. The van der Waals surface area contributed by atoms with Gasteiger partial charge in [-0.3, -0.25) is 23.3 Å². The van der Waals surface area contributed by atoms with Gasteiger partial charge in [0.25, 0.3) is 5.56 Å². The number of aryl methyl sites for hydroxylation is 1. The lowest BCUT2D eigenvalue weighted by atomic mass is 10.2. The van der Waals surface area contributed by atoms with Gasteiger partial charge >= 0.3 is 5.69 Å². The maximum absolute atomic E-state index is 12.4. The Labute approximate surface area is 158 Å². The van der Waals surface area contributed by atoms with Gasteiger partial charge in [0.2, 0.25) is 11.2 Å². The molecule has 0 unspecified atom stereocenters. The lowest BCUT2D eigenvalue weighted by molar-refractivity contribution is -0.121. The van der Waals surface area contributed by atoms with Gasteiger partial charge < -0.3 is 10.1 Å². The lowest BCUT2D eigenvalue weighted by Crippen LogP contribution is -2.38. The summed E-state index contributed by atoms with van der Waals surface area (Å²) in [7, 11) is 4.43. The van der Waals surface area contributed by atoms with Gasteiger partial charge in [-0.2, -0.15) is 4.98 Å². The van der Waals surface area contributed by atoms with Crippen LogP contribution in [0, 0.1) is 0 Å². The van der Waals surface area contributed by atoms with Crippen LogP contribution in [-0.4, -0.2) is 31.7 Å². The van der Waals surface area contributed by atoms with Crippen molar-refractivity contribution >= 4 is 28.7 Å². The number of ether oxygens (including phenoxy) is 1. The van der Waals surface area contributed by atoms with Crippen LogP contribution in [0.25, 0.3) is 11.2 Å². The molecule has 0 radical (unpaired) electrons. The van der Waals surface area contributed by atoms with Gasteiger partial charge in [-0.05, 0) is 29.3 Å². The van der Waals surface area contributed by atoms with E-state index in [1.807, 2.05) is 12.1 Å².